The number of aryl methyl sites for hydroxylation is 1. The van der Waals surface area contributed by atoms with Crippen LogP contribution in [-0.2, 0) is 24.1 Å². The summed E-state index contributed by atoms with van der Waals surface area (Å²) in [6, 6.07) is 0.371. The third-order valence-electron chi connectivity index (χ3n) is 3.58. The van der Waals surface area contributed by atoms with Crippen LogP contribution in [0.1, 0.15) is 64.0 Å². The molecule has 0 aliphatic heterocycles. The molecule has 1 heterocycles. The fourth-order valence-corrected chi connectivity index (χ4v) is 2.69. The highest BCUT2D eigenvalue weighted by Crippen LogP contribution is 2.23. The quantitative estimate of drug-likeness (QED) is 0.670. The first kappa shape index (κ1) is 17.2. The second-order valence-corrected chi connectivity index (χ2v) is 5.13. The maximum atomic E-state index is 5.60. The Kier molecular flexibility index (Phi) is 7.85. The first-order chi connectivity index (χ1) is 9.69. The SMILES string of the molecule is CCCOCCn1nc(CC)c(C(C)NCC)c1CC. The number of nitrogens with zero attached hydrogens (tertiary/aromatic N) is 2. The van der Waals surface area contributed by atoms with Crippen LogP contribution in [0.15, 0.2) is 0 Å². The number of rotatable bonds is 10. The number of hydrogen-bond acceptors (Lipinski definition) is 3. The average Bonchev–Trinajstić information content (AvgIpc) is 2.81. The van der Waals surface area contributed by atoms with Crippen molar-refractivity contribution in [3.05, 3.63) is 17.0 Å². The van der Waals surface area contributed by atoms with Gasteiger partial charge in [0.25, 0.3) is 0 Å². The molecule has 0 amide bonds. The van der Waals surface area contributed by atoms with E-state index in [4.69, 9.17) is 9.84 Å². The van der Waals surface area contributed by atoms with Gasteiger partial charge < -0.3 is 10.1 Å². The Bertz CT molecular complexity index is 387. The molecule has 0 fully saturated rings. The molecule has 0 saturated carbocycles. The smallest absolute Gasteiger partial charge is 0.0672 e. The largest absolute Gasteiger partial charge is 0.380 e. The molecule has 1 unspecified atom stereocenters. The topological polar surface area (TPSA) is 39.1 Å². The van der Waals surface area contributed by atoms with Gasteiger partial charge in [-0.3, -0.25) is 4.68 Å². The zero-order valence-electron chi connectivity index (χ0n) is 13.8. The fourth-order valence-electron chi connectivity index (χ4n) is 2.69. The van der Waals surface area contributed by atoms with Crippen molar-refractivity contribution in [2.24, 2.45) is 0 Å². The lowest BCUT2D eigenvalue weighted by atomic mass is 10.0. The van der Waals surface area contributed by atoms with E-state index in [-0.39, 0.29) is 0 Å². The normalized spacial score (nSPS) is 12.8. The summed E-state index contributed by atoms with van der Waals surface area (Å²) in [5.74, 6) is 0. The monoisotopic (exact) mass is 281 g/mol. The minimum atomic E-state index is 0.371. The molecule has 4 heteroatoms. The average molecular weight is 281 g/mol. The molecule has 0 aliphatic carbocycles. The number of nitrogens with one attached hydrogen (secondary N) is 1. The summed E-state index contributed by atoms with van der Waals surface area (Å²) >= 11 is 0. The van der Waals surface area contributed by atoms with Gasteiger partial charge >= 0.3 is 0 Å². The molecule has 4 nitrogen and oxygen atoms in total. The summed E-state index contributed by atoms with van der Waals surface area (Å²) in [4.78, 5) is 0. The zero-order chi connectivity index (χ0) is 15.0. The van der Waals surface area contributed by atoms with E-state index in [0.29, 0.717) is 6.04 Å². The molecule has 1 aromatic rings. The van der Waals surface area contributed by atoms with Crippen LogP contribution < -0.4 is 5.32 Å². The first-order valence-electron chi connectivity index (χ1n) is 8.08. The lowest BCUT2D eigenvalue weighted by molar-refractivity contribution is 0.123. The van der Waals surface area contributed by atoms with Gasteiger partial charge in [-0.25, -0.2) is 0 Å². The Hall–Kier alpha value is -0.870. The maximum Gasteiger partial charge on any atom is 0.0672 e. The minimum absolute atomic E-state index is 0.371. The van der Waals surface area contributed by atoms with Gasteiger partial charge in [-0.15, -0.1) is 0 Å². The van der Waals surface area contributed by atoms with E-state index in [2.05, 4.69) is 44.6 Å². The standard InChI is InChI=1S/C16H31N3O/c1-6-11-20-12-10-19-15(8-3)16(13(5)17-9-4)14(7-2)18-19/h13,17H,6-12H2,1-5H3. The van der Waals surface area contributed by atoms with Crippen molar-refractivity contribution in [2.45, 2.75) is 66.5 Å². The molecule has 0 saturated heterocycles. The van der Waals surface area contributed by atoms with Crippen LogP contribution in [0.25, 0.3) is 0 Å². The van der Waals surface area contributed by atoms with E-state index < -0.39 is 0 Å². The lowest BCUT2D eigenvalue weighted by Gasteiger charge is -2.15. The van der Waals surface area contributed by atoms with Gasteiger partial charge in [0.1, 0.15) is 0 Å². The van der Waals surface area contributed by atoms with E-state index in [1.807, 2.05) is 0 Å². The van der Waals surface area contributed by atoms with Gasteiger partial charge in [0.15, 0.2) is 0 Å². The lowest BCUT2D eigenvalue weighted by Crippen LogP contribution is -2.20. The van der Waals surface area contributed by atoms with Gasteiger partial charge in [0, 0.05) is 23.9 Å². The Labute approximate surface area is 123 Å². The van der Waals surface area contributed by atoms with Gasteiger partial charge in [0.05, 0.1) is 18.8 Å². The van der Waals surface area contributed by atoms with Crippen molar-refractivity contribution in [1.82, 2.24) is 15.1 Å². The molecule has 0 radical (unpaired) electrons. The van der Waals surface area contributed by atoms with Gasteiger partial charge in [-0.2, -0.15) is 5.10 Å². The summed E-state index contributed by atoms with van der Waals surface area (Å²) in [5, 5.41) is 8.31. The van der Waals surface area contributed by atoms with Crippen molar-refractivity contribution >= 4 is 0 Å². The molecule has 0 spiro atoms. The van der Waals surface area contributed by atoms with E-state index in [0.717, 1.165) is 45.6 Å². The van der Waals surface area contributed by atoms with Crippen molar-refractivity contribution in [3.63, 3.8) is 0 Å². The van der Waals surface area contributed by atoms with Crippen LogP contribution in [0, 0.1) is 0 Å². The van der Waals surface area contributed by atoms with Crippen LogP contribution in [0.4, 0.5) is 0 Å². The predicted octanol–water partition coefficient (Wildman–Crippen LogP) is 3.11. The molecule has 1 rings (SSSR count). The number of hydrogen-bond donors (Lipinski definition) is 1. The van der Waals surface area contributed by atoms with Crippen LogP contribution >= 0.6 is 0 Å². The zero-order valence-corrected chi connectivity index (χ0v) is 13.8. The molecular formula is C16H31N3O. The predicted molar refractivity (Wildman–Crippen MR) is 84.2 cm³/mol. The van der Waals surface area contributed by atoms with E-state index in [1.54, 1.807) is 0 Å². The third-order valence-corrected chi connectivity index (χ3v) is 3.58. The van der Waals surface area contributed by atoms with Crippen molar-refractivity contribution in [3.8, 4) is 0 Å². The number of aromatic nitrogens is 2. The summed E-state index contributed by atoms with van der Waals surface area (Å²) in [5.41, 5.74) is 3.98. The summed E-state index contributed by atoms with van der Waals surface area (Å²) in [6.45, 7) is 14.3. The molecule has 0 aliphatic rings. The summed E-state index contributed by atoms with van der Waals surface area (Å²) < 4.78 is 7.75. The van der Waals surface area contributed by atoms with Crippen LogP contribution in [0.3, 0.4) is 0 Å². The molecule has 116 valence electrons. The fraction of sp³-hybridized carbons (Fsp3) is 0.812. The Morgan fingerprint density at radius 1 is 1.15 bits per heavy atom. The van der Waals surface area contributed by atoms with E-state index in [1.165, 1.54) is 17.0 Å². The molecule has 1 atom stereocenters. The van der Waals surface area contributed by atoms with Crippen LogP contribution in [-0.4, -0.2) is 29.5 Å². The van der Waals surface area contributed by atoms with Crippen molar-refractivity contribution < 1.29 is 4.74 Å². The second kappa shape index (κ2) is 9.14. The van der Waals surface area contributed by atoms with Gasteiger partial charge in [-0.1, -0.05) is 27.7 Å². The summed E-state index contributed by atoms with van der Waals surface area (Å²) in [6.07, 6.45) is 3.08. The Morgan fingerprint density at radius 3 is 2.45 bits per heavy atom. The highest BCUT2D eigenvalue weighted by atomic mass is 16.5. The molecule has 0 aromatic carbocycles. The number of ether oxygens (including phenoxy) is 1. The Balaban J connectivity index is 2.89. The summed E-state index contributed by atoms with van der Waals surface area (Å²) in [7, 11) is 0. The second-order valence-electron chi connectivity index (χ2n) is 5.13. The Morgan fingerprint density at radius 2 is 1.90 bits per heavy atom. The van der Waals surface area contributed by atoms with Gasteiger partial charge in [0.2, 0.25) is 0 Å². The van der Waals surface area contributed by atoms with E-state index in [9.17, 15) is 0 Å². The van der Waals surface area contributed by atoms with E-state index >= 15 is 0 Å². The first-order valence-corrected chi connectivity index (χ1v) is 8.08. The van der Waals surface area contributed by atoms with Crippen molar-refractivity contribution in [2.75, 3.05) is 19.8 Å². The molecule has 1 N–H and O–H groups in total. The van der Waals surface area contributed by atoms with Crippen molar-refractivity contribution in [1.29, 1.82) is 0 Å². The molecular weight excluding hydrogens is 250 g/mol. The third kappa shape index (κ3) is 4.32. The maximum absolute atomic E-state index is 5.60. The highest BCUT2D eigenvalue weighted by molar-refractivity contribution is 5.30. The van der Waals surface area contributed by atoms with Crippen LogP contribution in [0.5, 0.6) is 0 Å². The molecule has 0 bridgehead atoms. The highest BCUT2D eigenvalue weighted by Gasteiger charge is 2.19. The minimum Gasteiger partial charge on any atom is -0.380 e. The molecule has 20 heavy (non-hydrogen) atoms. The molecule has 1 aromatic heterocycles. The van der Waals surface area contributed by atoms with Crippen LogP contribution in [0.2, 0.25) is 0 Å². The van der Waals surface area contributed by atoms with Gasteiger partial charge in [-0.05, 0) is 32.7 Å².